The van der Waals surface area contributed by atoms with Crippen LogP contribution in [0.4, 0.5) is 0 Å². The van der Waals surface area contributed by atoms with Crippen molar-refractivity contribution >= 4 is 32.7 Å². The lowest BCUT2D eigenvalue weighted by Crippen LogP contribution is -2.48. The van der Waals surface area contributed by atoms with Gasteiger partial charge in [0.15, 0.2) is 5.78 Å². The lowest BCUT2D eigenvalue weighted by atomic mass is 9.82. The largest absolute Gasteiger partial charge is 0.378 e. The first-order valence-corrected chi connectivity index (χ1v) is 14.0. The van der Waals surface area contributed by atoms with Crippen LogP contribution in [-0.4, -0.2) is 102 Å². The molecule has 3 aliphatic rings. The number of hydrogen-bond acceptors (Lipinski definition) is 8. The van der Waals surface area contributed by atoms with Gasteiger partial charge < -0.3 is 14.5 Å². The van der Waals surface area contributed by atoms with Gasteiger partial charge in [-0.05, 0) is 30.4 Å². The van der Waals surface area contributed by atoms with Gasteiger partial charge >= 0.3 is 0 Å². The van der Waals surface area contributed by atoms with E-state index in [1.54, 1.807) is 4.90 Å². The van der Waals surface area contributed by atoms with Crippen molar-refractivity contribution in [3.8, 4) is 0 Å². The van der Waals surface area contributed by atoms with Gasteiger partial charge in [0.05, 0.1) is 31.4 Å². The number of hydrogen-bond donors (Lipinski definition) is 0. The molecular weight excluding hydrogens is 500 g/mol. The molecule has 202 valence electrons. The normalized spacial score (nSPS) is 23.7. The molecule has 0 N–H and O–H groups in total. The summed E-state index contributed by atoms with van der Waals surface area (Å²) in [5.41, 5.74) is -0.341. The van der Waals surface area contributed by atoms with Crippen LogP contribution in [0, 0.1) is 11.3 Å². The van der Waals surface area contributed by atoms with Crippen LogP contribution in [0.3, 0.4) is 0 Å². The number of sulfonamides is 1. The number of carbonyl (C=O) groups is 4. The predicted octanol–water partition coefficient (Wildman–Crippen LogP) is 0.707. The van der Waals surface area contributed by atoms with Gasteiger partial charge in [-0.1, -0.05) is 20.8 Å². The fourth-order valence-corrected chi connectivity index (χ4v) is 6.96. The molecule has 3 aliphatic heterocycles. The molecule has 12 heteroatoms. The third-order valence-electron chi connectivity index (χ3n) is 7.09. The van der Waals surface area contributed by atoms with Crippen LogP contribution in [0.5, 0.6) is 0 Å². The van der Waals surface area contributed by atoms with E-state index in [0.29, 0.717) is 32.7 Å². The first-order valence-electron chi connectivity index (χ1n) is 12.5. The molecule has 4 rings (SSSR count). The molecule has 3 atom stereocenters. The van der Waals surface area contributed by atoms with Gasteiger partial charge in [-0.3, -0.25) is 24.2 Å². The molecule has 0 aliphatic carbocycles. The summed E-state index contributed by atoms with van der Waals surface area (Å²) in [4.78, 5) is 59.5. The summed E-state index contributed by atoms with van der Waals surface area (Å²) in [6.07, 6.45) is 3.28. The zero-order valence-corrected chi connectivity index (χ0v) is 22.3. The van der Waals surface area contributed by atoms with Crippen LogP contribution in [0.1, 0.15) is 50.4 Å². The molecule has 3 fully saturated rings. The molecule has 37 heavy (non-hydrogen) atoms. The van der Waals surface area contributed by atoms with E-state index in [1.807, 2.05) is 20.8 Å². The zero-order valence-electron chi connectivity index (χ0n) is 21.5. The number of aromatic nitrogens is 1. The minimum atomic E-state index is -4.49. The highest BCUT2D eigenvalue weighted by Gasteiger charge is 2.55. The quantitative estimate of drug-likeness (QED) is 0.521. The van der Waals surface area contributed by atoms with Crippen molar-refractivity contribution in [2.45, 2.75) is 52.1 Å². The van der Waals surface area contributed by atoms with Crippen LogP contribution in [-0.2, 0) is 29.1 Å². The molecule has 0 spiro atoms. The Morgan fingerprint density at radius 3 is 2.49 bits per heavy atom. The summed E-state index contributed by atoms with van der Waals surface area (Å²) >= 11 is 0. The predicted molar refractivity (Wildman–Crippen MR) is 133 cm³/mol. The average molecular weight is 535 g/mol. The van der Waals surface area contributed by atoms with Crippen molar-refractivity contribution in [2.24, 2.45) is 11.3 Å². The Kier molecular flexibility index (Phi) is 7.82. The van der Waals surface area contributed by atoms with Gasteiger partial charge in [0, 0.05) is 44.4 Å². The maximum Gasteiger partial charge on any atom is 0.293 e. The molecule has 1 aromatic heterocycles. The number of ether oxygens (including phenoxy) is 1. The van der Waals surface area contributed by atoms with Gasteiger partial charge in [-0.2, -0.15) is 4.31 Å². The zero-order chi connectivity index (χ0) is 27.0. The molecule has 0 saturated carbocycles. The van der Waals surface area contributed by atoms with E-state index in [0.717, 1.165) is 4.31 Å². The second-order valence-corrected chi connectivity index (χ2v) is 12.8. The summed E-state index contributed by atoms with van der Waals surface area (Å²) in [5.74, 6) is -1.53. The fourth-order valence-electron chi connectivity index (χ4n) is 5.45. The Morgan fingerprint density at radius 1 is 1.16 bits per heavy atom. The number of amides is 2. The van der Waals surface area contributed by atoms with Gasteiger partial charge in [0.1, 0.15) is 6.04 Å². The molecule has 11 nitrogen and oxygen atoms in total. The molecule has 3 unspecified atom stereocenters. The van der Waals surface area contributed by atoms with Gasteiger partial charge in [-0.15, -0.1) is 0 Å². The Balaban J connectivity index is 1.53. The van der Waals surface area contributed by atoms with Crippen molar-refractivity contribution in [1.82, 2.24) is 19.1 Å². The molecule has 1 aromatic rings. The molecule has 3 saturated heterocycles. The highest BCUT2D eigenvalue weighted by atomic mass is 32.2. The first kappa shape index (κ1) is 27.3. The van der Waals surface area contributed by atoms with Crippen LogP contribution >= 0.6 is 0 Å². The van der Waals surface area contributed by atoms with Crippen LogP contribution in [0.2, 0.25) is 0 Å². The minimum absolute atomic E-state index is 0.0136. The van der Waals surface area contributed by atoms with Crippen LogP contribution in [0.15, 0.2) is 24.5 Å². The molecular formula is C25H34N4O7S. The highest BCUT2D eigenvalue weighted by Crippen LogP contribution is 2.36. The molecule has 0 bridgehead atoms. The maximum atomic E-state index is 13.8. The Bertz CT molecular complexity index is 1160. The highest BCUT2D eigenvalue weighted by molar-refractivity contribution is 8.04. The molecule has 0 radical (unpaired) electrons. The SMILES string of the molecule is CC(C)(C)CC(CC(=O)N1CCOCC1)C(=O)N1CCC2C1C(=O)CN2S(=O)(=O)C(=O)c1cccnc1. The Hall–Kier alpha value is -2.70. The second kappa shape index (κ2) is 10.6. The van der Waals surface area contributed by atoms with E-state index in [4.69, 9.17) is 4.74 Å². The third kappa shape index (κ3) is 5.75. The third-order valence-corrected chi connectivity index (χ3v) is 8.82. The van der Waals surface area contributed by atoms with E-state index in [2.05, 4.69) is 4.98 Å². The number of nitrogens with zero attached hydrogens (tertiary/aromatic N) is 4. The van der Waals surface area contributed by atoms with Gasteiger partial charge in [0.2, 0.25) is 11.8 Å². The second-order valence-electron chi connectivity index (χ2n) is 11.0. The minimum Gasteiger partial charge on any atom is -0.378 e. The Labute approximate surface area is 217 Å². The Morgan fingerprint density at radius 2 is 1.86 bits per heavy atom. The van der Waals surface area contributed by atoms with Gasteiger partial charge in [-0.25, -0.2) is 8.42 Å². The summed E-state index contributed by atoms with van der Waals surface area (Å²) in [7, 11) is -4.49. The fraction of sp³-hybridized carbons (Fsp3) is 0.640. The van der Waals surface area contributed by atoms with Crippen molar-refractivity contribution in [3.05, 3.63) is 30.1 Å². The first-order chi connectivity index (χ1) is 17.4. The number of carbonyl (C=O) groups excluding carboxylic acids is 4. The average Bonchev–Trinajstić information content (AvgIpc) is 3.44. The number of morpholine rings is 1. The van der Waals surface area contributed by atoms with E-state index >= 15 is 0 Å². The number of rotatable bonds is 6. The van der Waals surface area contributed by atoms with Gasteiger partial charge in [0.25, 0.3) is 15.1 Å². The van der Waals surface area contributed by atoms with Crippen molar-refractivity contribution in [3.63, 3.8) is 0 Å². The summed E-state index contributed by atoms with van der Waals surface area (Å²) in [6.45, 7) is 7.52. The lowest BCUT2D eigenvalue weighted by molar-refractivity contribution is -0.145. The van der Waals surface area contributed by atoms with E-state index in [1.165, 1.54) is 29.4 Å². The lowest BCUT2D eigenvalue weighted by Gasteiger charge is -2.33. The topological polar surface area (TPSA) is 134 Å². The van der Waals surface area contributed by atoms with Crippen LogP contribution in [0.25, 0.3) is 0 Å². The van der Waals surface area contributed by atoms with E-state index in [-0.39, 0.29) is 42.2 Å². The summed E-state index contributed by atoms with van der Waals surface area (Å²) in [6, 6.07) is 1.04. The standard InChI is InChI=1S/C25H34N4O7S/c1-25(2,3)14-18(13-21(31)27-9-11-36-12-10-27)23(32)28-8-6-19-22(28)20(30)16-29(19)37(34,35)24(33)17-5-4-7-26-15-17/h4-5,7,15,18-19,22H,6,8-14,16H2,1-3H3. The number of Topliss-reactive ketones (excluding diaryl/α,β-unsaturated/α-hetero) is 1. The van der Waals surface area contributed by atoms with Crippen molar-refractivity contribution < 1.29 is 32.3 Å². The van der Waals surface area contributed by atoms with Crippen molar-refractivity contribution in [2.75, 3.05) is 39.4 Å². The summed E-state index contributed by atoms with van der Waals surface area (Å²) in [5, 5.41) is -1.12. The van der Waals surface area contributed by atoms with E-state index < -0.39 is 45.5 Å². The molecule has 2 amide bonds. The number of fused-ring (bicyclic) bond motifs is 1. The molecule has 0 aromatic carbocycles. The van der Waals surface area contributed by atoms with Crippen LogP contribution < -0.4 is 0 Å². The number of pyridine rings is 1. The monoisotopic (exact) mass is 534 g/mol. The smallest absolute Gasteiger partial charge is 0.293 e. The van der Waals surface area contributed by atoms with Crippen molar-refractivity contribution in [1.29, 1.82) is 0 Å². The number of likely N-dealkylation sites (tertiary alicyclic amines) is 1. The van der Waals surface area contributed by atoms with E-state index in [9.17, 15) is 27.6 Å². The molecule has 4 heterocycles. The maximum absolute atomic E-state index is 13.8. The summed E-state index contributed by atoms with van der Waals surface area (Å²) < 4.78 is 32.6. The number of ketones is 1.